The number of nitrogens with one attached hydrogen (secondary N) is 1. The van der Waals surface area contributed by atoms with Gasteiger partial charge in [0, 0.05) is 6.54 Å². The van der Waals surface area contributed by atoms with E-state index in [1.165, 1.54) is 61.0 Å². The number of hydrogen-bond donors (Lipinski definition) is 1. The van der Waals surface area contributed by atoms with Gasteiger partial charge in [0.1, 0.15) is 0 Å². The zero-order valence-electron chi connectivity index (χ0n) is 19.3. The minimum atomic E-state index is -3.92. The first-order valence-corrected chi connectivity index (χ1v) is 13.9. The number of rotatable bonds is 8. The molecule has 0 aromatic heterocycles. The molecule has 0 saturated heterocycles. The molecule has 6 rings (SSSR count). The molecule has 7 heteroatoms. The smallest absolute Gasteiger partial charge is 0.264 e. The Morgan fingerprint density at radius 1 is 1.06 bits per heavy atom. The summed E-state index contributed by atoms with van der Waals surface area (Å²) in [7, 11) is -3.92. The Hall–Kier alpha value is -2.31. The van der Waals surface area contributed by atoms with E-state index in [-0.39, 0.29) is 33.3 Å². The van der Waals surface area contributed by atoms with Crippen molar-refractivity contribution >= 4 is 33.2 Å². The Morgan fingerprint density at radius 3 is 2.26 bits per heavy atom. The van der Waals surface area contributed by atoms with Crippen molar-refractivity contribution in [2.75, 3.05) is 17.4 Å². The SMILES string of the molecule is C=CCN(c1ccccc1)S(=O)(=O)c1ccc(Cl)c(C(=O)NCC23CC4CC(CC(C4)C2)C3)c1. The van der Waals surface area contributed by atoms with Gasteiger partial charge in [-0.3, -0.25) is 9.10 Å². The molecule has 2 aromatic rings. The van der Waals surface area contributed by atoms with Gasteiger partial charge in [-0.1, -0.05) is 35.9 Å². The van der Waals surface area contributed by atoms with Crippen LogP contribution in [0.25, 0.3) is 0 Å². The van der Waals surface area contributed by atoms with Crippen molar-refractivity contribution in [2.24, 2.45) is 23.2 Å². The van der Waals surface area contributed by atoms with Gasteiger partial charge in [0.25, 0.3) is 15.9 Å². The molecule has 0 unspecified atom stereocenters. The predicted octanol–water partition coefficient (Wildman–Crippen LogP) is 5.67. The third kappa shape index (κ3) is 4.38. The molecular formula is C27H31ClN2O3S. The Bertz CT molecular complexity index is 1160. The third-order valence-electron chi connectivity index (χ3n) is 7.90. The van der Waals surface area contributed by atoms with Crippen LogP contribution < -0.4 is 9.62 Å². The topological polar surface area (TPSA) is 66.5 Å². The number of carbonyl (C=O) groups is 1. The van der Waals surface area contributed by atoms with Crippen molar-refractivity contribution in [3.05, 3.63) is 71.8 Å². The summed E-state index contributed by atoms with van der Waals surface area (Å²) in [6.45, 7) is 4.45. The van der Waals surface area contributed by atoms with Gasteiger partial charge >= 0.3 is 0 Å². The number of halogens is 1. The van der Waals surface area contributed by atoms with Crippen LogP contribution in [-0.4, -0.2) is 27.4 Å². The van der Waals surface area contributed by atoms with E-state index >= 15 is 0 Å². The van der Waals surface area contributed by atoms with E-state index in [9.17, 15) is 13.2 Å². The number of amides is 1. The lowest BCUT2D eigenvalue weighted by molar-refractivity contribution is -0.0503. The lowest BCUT2D eigenvalue weighted by Crippen LogP contribution is -2.51. The van der Waals surface area contributed by atoms with Gasteiger partial charge in [0.15, 0.2) is 0 Å². The maximum absolute atomic E-state index is 13.5. The predicted molar refractivity (Wildman–Crippen MR) is 136 cm³/mol. The van der Waals surface area contributed by atoms with Crippen LogP contribution in [-0.2, 0) is 10.0 Å². The molecule has 0 aliphatic heterocycles. The summed E-state index contributed by atoms with van der Waals surface area (Å²) < 4.78 is 28.3. The molecular weight excluding hydrogens is 468 g/mol. The summed E-state index contributed by atoms with van der Waals surface area (Å²) in [4.78, 5) is 13.2. The number of sulfonamides is 1. The zero-order chi connectivity index (χ0) is 23.9. The van der Waals surface area contributed by atoms with E-state index < -0.39 is 10.0 Å². The molecule has 4 bridgehead atoms. The van der Waals surface area contributed by atoms with Gasteiger partial charge in [-0.2, -0.15) is 0 Å². The molecule has 0 heterocycles. The second kappa shape index (κ2) is 9.04. The Morgan fingerprint density at radius 2 is 1.68 bits per heavy atom. The van der Waals surface area contributed by atoms with E-state index in [1.807, 2.05) is 6.07 Å². The minimum absolute atomic E-state index is 0.0301. The van der Waals surface area contributed by atoms with Crippen LogP contribution in [0.4, 0.5) is 5.69 Å². The van der Waals surface area contributed by atoms with Gasteiger partial charge in [0.2, 0.25) is 0 Å². The van der Waals surface area contributed by atoms with Gasteiger partial charge in [-0.15, -0.1) is 6.58 Å². The quantitative estimate of drug-likeness (QED) is 0.477. The normalized spacial score (nSPS) is 27.4. The molecule has 2 aromatic carbocycles. The third-order valence-corrected chi connectivity index (χ3v) is 10.0. The lowest BCUT2D eigenvalue weighted by atomic mass is 9.49. The van der Waals surface area contributed by atoms with E-state index in [0.29, 0.717) is 12.2 Å². The summed E-state index contributed by atoms with van der Waals surface area (Å²) in [5, 5.41) is 3.36. The number of nitrogens with zero attached hydrogens (tertiary/aromatic N) is 1. The molecule has 34 heavy (non-hydrogen) atoms. The molecule has 0 spiro atoms. The molecule has 4 aliphatic rings. The van der Waals surface area contributed by atoms with Crippen molar-refractivity contribution < 1.29 is 13.2 Å². The summed E-state index contributed by atoms with van der Waals surface area (Å²) >= 11 is 6.37. The van der Waals surface area contributed by atoms with Crippen molar-refractivity contribution in [3.63, 3.8) is 0 Å². The first-order valence-electron chi connectivity index (χ1n) is 12.1. The molecule has 0 atom stereocenters. The number of carbonyl (C=O) groups excluding carboxylic acids is 1. The van der Waals surface area contributed by atoms with Crippen LogP contribution in [0, 0.1) is 23.2 Å². The van der Waals surface area contributed by atoms with Gasteiger partial charge in [0.05, 0.1) is 27.7 Å². The van der Waals surface area contributed by atoms with Crippen LogP contribution in [0.1, 0.15) is 48.9 Å². The van der Waals surface area contributed by atoms with Crippen molar-refractivity contribution in [1.29, 1.82) is 0 Å². The van der Waals surface area contributed by atoms with Crippen LogP contribution >= 0.6 is 11.6 Å². The monoisotopic (exact) mass is 498 g/mol. The molecule has 5 nitrogen and oxygen atoms in total. The summed E-state index contributed by atoms with van der Waals surface area (Å²) in [6.07, 6.45) is 9.16. The fourth-order valence-corrected chi connectivity index (χ4v) is 8.55. The number of anilines is 1. The fraction of sp³-hybridized carbons (Fsp3) is 0.444. The molecule has 1 N–H and O–H groups in total. The maximum Gasteiger partial charge on any atom is 0.264 e. The number of benzene rings is 2. The van der Waals surface area contributed by atoms with Crippen LogP contribution in [0.15, 0.2) is 66.1 Å². The van der Waals surface area contributed by atoms with Crippen molar-refractivity contribution in [2.45, 2.75) is 43.4 Å². The molecule has 4 fully saturated rings. The highest BCUT2D eigenvalue weighted by Gasteiger charge is 2.50. The zero-order valence-corrected chi connectivity index (χ0v) is 20.8. The van der Waals surface area contributed by atoms with Crippen molar-refractivity contribution in [3.8, 4) is 0 Å². The van der Waals surface area contributed by atoms with Crippen LogP contribution in [0.2, 0.25) is 5.02 Å². The molecule has 1 amide bonds. The highest BCUT2D eigenvalue weighted by Crippen LogP contribution is 2.59. The average Bonchev–Trinajstić information content (AvgIpc) is 2.81. The van der Waals surface area contributed by atoms with E-state index in [0.717, 1.165) is 17.8 Å². The van der Waals surface area contributed by atoms with Gasteiger partial charge < -0.3 is 5.32 Å². The highest BCUT2D eigenvalue weighted by molar-refractivity contribution is 7.92. The minimum Gasteiger partial charge on any atom is -0.351 e. The van der Waals surface area contributed by atoms with E-state index in [4.69, 9.17) is 11.6 Å². The van der Waals surface area contributed by atoms with Gasteiger partial charge in [-0.25, -0.2) is 8.42 Å². The Labute approximate surface area is 207 Å². The largest absolute Gasteiger partial charge is 0.351 e. The van der Waals surface area contributed by atoms with Crippen molar-refractivity contribution in [1.82, 2.24) is 5.32 Å². The number of para-hydroxylation sites is 1. The Balaban J connectivity index is 1.37. The van der Waals surface area contributed by atoms with E-state index in [2.05, 4.69) is 11.9 Å². The summed E-state index contributed by atoms with van der Waals surface area (Å²) in [5.74, 6) is 2.09. The first kappa shape index (κ1) is 23.4. The molecule has 180 valence electrons. The summed E-state index contributed by atoms with van der Waals surface area (Å²) in [6, 6.07) is 13.2. The number of hydrogen-bond acceptors (Lipinski definition) is 3. The summed E-state index contributed by atoms with van der Waals surface area (Å²) in [5.41, 5.74) is 0.915. The second-order valence-electron chi connectivity index (χ2n) is 10.4. The first-order chi connectivity index (χ1) is 16.3. The molecule has 0 radical (unpaired) electrons. The fourth-order valence-electron chi connectivity index (χ4n) is 6.89. The van der Waals surface area contributed by atoms with Crippen LogP contribution in [0.5, 0.6) is 0 Å². The second-order valence-corrected chi connectivity index (χ2v) is 12.7. The average molecular weight is 499 g/mol. The lowest BCUT2D eigenvalue weighted by Gasteiger charge is -2.56. The van der Waals surface area contributed by atoms with E-state index in [1.54, 1.807) is 30.3 Å². The maximum atomic E-state index is 13.5. The van der Waals surface area contributed by atoms with Gasteiger partial charge in [-0.05, 0) is 92.0 Å². The standard InChI is InChI=1S/C27H31ClN2O3S/c1-2-10-30(22-6-4-3-5-7-22)34(32,33)23-8-9-25(28)24(14-23)26(31)29-18-27-15-19-11-20(16-27)13-21(12-19)17-27/h2-9,14,19-21H,1,10-13,15-18H2,(H,29,31). The highest BCUT2D eigenvalue weighted by atomic mass is 35.5. The Kier molecular flexibility index (Phi) is 6.23. The van der Waals surface area contributed by atoms with Crippen LogP contribution in [0.3, 0.4) is 0 Å². The molecule has 4 saturated carbocycles. The molecule has 4 aliphatic carbocycles.